The zero-order valence-corrected chi connectivity index (χ0v) is 13.7. The van der Waals surface area contributed by atoms with Gasteiger partial charge in [0.1, 0.15) is 17.4 Å². The molecule has 0 aliphatic carbocycles. The third-order valence-electron chi connectivity index (χ3n) is 3.63. The minimum Gasteiger partial charge on any atom is -0.480 e. The molecule has 4 N–H and O–H groups in total. The van der Waals surface area contributed by atoms with E-state index in [2.05, 4.69) is 9.97 Å². The summed E-state index contributed by atoms with van der Waals surface area (Å²) in [7, 11) is 1.47. The van der Waals surface area contributed by atoms with Crippen molar-refractivity contribution in [2.24, 2.45) is 5.73 Å². The average molecular weight is 331 g/mol. The van der Waals surface area contributed by atoms with E-state index in [1.54, 1.807) is 24.3 Å². The third kappa shape index (κ3) is 3.99. The molecule has 1 aromatic carbocycles. The summed E-state index contributed by atoms with van der Waals surface area (Å²) in [5.41, 5.74) is 7.04. The summed E-state index contributed by atoms with van der Waals surface area (Å²) in [4.78, 5) is 30.3. The average Bonchev–Trinajstić information content (AvgIpc) is 2.55. The van der Waals surface area contributed by atoms with Crippen molar-refractivity contribution in [1.82, 2.24) is 9.97 Å². The smallest absolute Gasteiger partial charge is 0.320 e. The molecule has 0 bridgehead atoms. The van der Waals surface area contributed by atoms with E-state index in [9.17, 15) is 9.59 Å². The van der Waals surface area contributed by atoms with Gasteiger partial charge in [0.25, 0.3) is 5.56 Å². The first-order valence-corrected chi connectivity index (χ1v) is 7.71. The van der Waals surface area contributed by atoms with Gasteiger partial charge in [-0.3, -0.25) is 9.59 Å². The van der Waals surface area contributed by atoms with Gasteiger partial charge in [0.2, 0.25) is 5.88 Å². The number of aromatic nitrogens is 2. The molecule has 0 amide bonds. The SMILES string of the molecule is CCCc1nc(OC)c(-c2ccc(C[C@H](N)C(=O)O)cc2)c(=O)[nH]1. The second kappa shape index (κ2) is 7.74. The highest BCUT2D eigenvalue weighted by Crippen LogP contribution is 2.25. The minimum atomic E-state index is -1.05. The molecule has 128 valence electrons. The molecule has 0 unspecified atom stereocenters. The lowest BCUT2D eigenvalue weighted by Crippen LogP contribution is -2.32. The fraction of sp³-hybridized carbons (Fsp3) is 0.353. The van der Waals surface area contributed by atoms with E-state index in [1.807, 2.05) is 6.92 Å². The Morgan fingerprint density at radius 3 is 2.58 bits per heavy atom. The normalized spacial score (nSPS) is 12.0. The molecule has 0 fully saturated rings. The van der Waals surface area contributed by atoms with Gasteiger partial charge in [0, 0.05) is 6.42 Å². The van der Waals surface area contributed by atoms with Gasteiger partial charge in [0.05, 0.1) is 7.11 Å². The number of rotatable bonds is 7. The van der Waals surface area contributed by atoms with E-state index in [1.165, 1.54) is 7.11 Å². The fourth-order valence-electron chi connectivity index (χ4n) is 2.40. The number of nitrogens with zero attached hydrogens (tertiary/aromatic N) is 1. The van der Waals surface area contributed by atoms with Gasteiger partial charge in [-0.05, 0) is 24.0 Å². The number of hydrogen-bond donors (Lipinski definition) is 3. The summed E-state index contributed by atoms with van der Waals surface area (Å²) in [6.45, 7) is 2.00. The highest BCUT2D eigenvalue weighted by molar-refractivity contribution is 5.73. The van der Waals surface area contributed by atoms with Crippen LogP contribution in [0.5, 0.6) is 5.88 Å². The summed E-state index contributed by atoms with van der Waals surface area (Å²) < 4.78 is 5.27. The van der Waals surface area contributed by atoms with Crippen molar-refractivity contribution in [2.45, 2.75) is 32.2 Å². The zero-order valence-electron chi connectivity index (χ0n) is 13.7. The lowest BCUT2D eigenvalue weighted by atomic mass is 10.0. The van der Waals surface area contributed by atoms with Gasteiger partial charge in [-0.25, -0.2) is 0 Å². The fourth-order valence-corrected chi connectivity index (χ4v) is 2.40. The van der Waals surface area contributed by atoms with Crippen LogP contribution in [-0.4, -0.2) is 34.2 Å². The Balaban J connectivity index is 2.35. The molecule has 0 spiro atoms. The second-order valence-corrected chi connectivity index (χ2v) is 5.49. The number of carboxylic acids is 1. The van der Waals surface area contributed by atoms with E-state index in [0.29, 0.717) is 23.4 Å². The first-order valence-electron chi connectivity index (χ1n) is 7.71. The topological polar surface area (TPSA) is 118 Å². The van der Waals surface area contributed by atoms with Gasteiger partial charge >= 0.3 is 5.97 Å². The molecule has 1 heterocycles. The molecule has 24 heavy (non-hydrogen) atoms. The van der Waals surface area contributed by atoms with Crippen molar-refractivity contribution in [1.29, 1.82) is 0 Å². The molecule has 2 rings (SSSR count). The molecular weight excluding hydrogens is 310 g/mol. The zero-order chi connectivity index (χ0) is 17.7. The molecule has 0 saturated carbocycles. The molecular formula is C17H21N3O4. The molecule has 7 nitrogen and oxygen atoms in total. The Labute approximate surface area is 139 Å². The highest BCUT2D eigenvalue weighted by atomic mass is 16.5. The van der Waals surface area contributed by atoms with Crippen LogP contribution < -0.4 is 16.0 Å². The lowest BCUT2D eigenvalue weighted by molar-refractivity contribution is -0.138. The highest BCUT2D eigenvalue weighted by Gasteiger charge is 2.16. The van der Waals surface area contributed by atoms with Crippen molar-refractivity contribution in [3.63, 3.8) is 0 Å². The van der Waals surface area contributed by atoms with Gasteiger partial charge in [-0.1, -0.05) is 31.2 Å². The molecule has 0 aliphatic rings. The maximum Gasteiger partial charge on any atom is 0.320 e. The van der Waals surface area contributed by atoms with Gasteiger partial charge in [0.15, 0.2) is 0 Å². The Bertz CT molecular complexity index is 768. The number of aryl methyl sites for hydroxylation is 1. The van der Waals surface area contributed by atoms with E-state index < -0.39 is 12.0 Å². The standard InChI is InChI=1S/C17H21N3O4/c1-3-4-13-19-15(21)14(16(20-13)24-2)11-7-5-10(6-8-11)9-12(18)17(22)23/h5-8,12H,3-4,9,18H2,1-2H3,(H,22,23)(H,19,20,21)/t12-/m0/s1. The van der Waals surface area contributed by atoms with Crippen molar-refractivity contribution < 1.29 is 14.6 Å². The molecule has 1 atom stereocenters. The van der Waals surface area contributed by atoms with E-state index >= 15 is 0 Å². The summed E-state index contributed by atoms with van der Waals surface area (Å²) in [6, 6.07) is 6.01. The molecule has 0 saturated heterocycles. The first-order chi connectivity index (χ1) is 11.5. The quantitative estimate of drug-likeness (QED) is 0.705. The lowest BCUT2D eigenvalue weighted by Gasteiger charge is -2.10. The number of carboxylic acid groups (broad SMARTS) is 1. The monoisotopic (exact) mass is 331 g/mol. The molecule has 0 radical (unpaired) electrons. The Kier molecular flexibility index (Phi) is 5.70. The predicted octanol–water partition coefficient (Wildman–Crippen LogP) is 1.35. The summed E-state index contributed by atoms with van der Waals surface area (Å²) in [6.07, 6.45) is 1.75. The van der Waals surface area contributed by atoms with E-state index in [-0.39, 0.29) is 17.9 Å². The maximum atomic E-state index is 12.4. The second-order valence-electron chi connectivity index (χ2n) is 5.49. The molecule has 0 aliphatic heterocycles. The van der Waals surface area contributed by atoms with Crippen LogP contribution in [0.15, 0.2) is 29.1 Å². The maximum absolute atomic E-state index is 12.4. The van der Waals surface area contributed by atoms with Crippen LogP contribution in [0.25, 0.3) is 11.1 Å². The van der Waals surface area contributed by atoms with Crippen LogP contribution in [0.3, 0.4) is 0 Å². The van der Waals surface area contributed by atoms with Crippen LogP contribution in [0.2, 0.25) is 0 Å². The Morgan fingerprint density at radius 1 is 1.38 bits per heavy atom. The van der Waals surface area contributed by atoms with Crippen molar-refractivity contribution >= 4 is 5.97 Å². The van der Waals surface area contributed by atoms with Crippen molar-refractivity contribution in [3.8, 4) is 17.0 Å². The minimum absolute atomic E-state index is 0.219. The number of carbonyl (C=O) groups is 1. The summed E-state index contributed by atoms with van der Waals surface area (Å²) in [5, 5.41) is 8.86. The number of benzene rings is 1. The number of nitrogens with one attached hydrogen (secondary N) is 1. The Hall–Kier alpha value is -2.67. The third-order valence-corrected chi connectivity index (χ3v) is 3.63. The van der Waals surface area contributed by atoms with Gasteiger partial charge in [-0.2, -0.15) is 4.98 Å². The Morgan fingerprint density at radius 2 is 2.04 bits per heavy atom. The largest absolute Gasteiger partial charge is 0.480 e. The number of nitrogens with two attached hydrogens (primary N) is 1. The number of ether oxygens (including phenoxy) is 1. The van der Waals surface area contributed by atoms with Gasteiger partial charge < -0.3 is 20.6 Å². The number of aromatic amines is 1. The number of methoxy groups -OCH3 is 1. The van der Waals surface area contributed by atoms with Crippen LogP contribution in [0.4, 0.5) is 0 Å². The first kappa shape index (κ1) is 17.7. The molecule has 1 aromatic heterocycles. The van der Waals surface area contributed by atoms with Crippen molar-refractivity contribution in [3.05, 3.63) is 46.0 Å². The van der Waals surface area contributed by atoms with Crippen LogP contribution in [0, 0.1) is 0 Å². The summed E-state index contributed by atoms with van der Waals surface area (Å²) in [5.74, 6) is -0.183. The van der Waals surface area contributed by atoms with E-state index in [4.69, 9.17) is 15.6 Å². The number of aliphatic carboxylic acids is 1. The molecule has 7 heteroatoms. The van der Waals surface area contributed by atoms with Crippen molar-refractivity contribution in [2.75, 3.05) is 7.11 Å². The van der Waals surface area contributed by atoms with Crippen LogP contribution in [0.1, 0.15) is 24.7 Å². The molecule has 2 aromatic rings. The number of H-pyrrole nitrogens is 1. The number of hydrogen-bond acceptors (Lipinski definition) is 5. The van der Waals surface area contributed by atoms with Gasteiger partial charge in [-0.15, -0.1) is 0 Å². The van der Waals surface area contributed by atoms with Crippen LogP contribution >= 0.6 is 0 Å². The van der Waals surface area contributed by atoms with Crippen LogP contribution in [-0.2, 0) is 17.6 Å². The van der Waals surface area contributed by atoms with E-state index in [0.717, 1.165) is 12.0 Å². The predicted molar refractivity (Wildman–Crippen MR) is 90.2 cm³/mol. The summed E-state index contributed by atoms with van der Waals surface area (Å²) >= 11 is 0.